The van der Waals surface area contributed by atoms with E-state index in [4.69, 9.17) is 0 Å². The number of hydrogen-bond acceptors (Lipinski definition) is 4. The van der Waals surface area contributed by atoms with Crippen LogP contribution in [0, 0.1) is 5.41 Å². The van der Waals surface area contributed by atoms with Gasteiger partial charge in [0.2, 0.25) is 15.9 Å². The molecule has 0 bridgehead atoms. The number of sulfonamides is 1. The van der Waals surface area contributed by atoms with Crippen LogP contribution in [0.1, 0.15) is 33.1 Å². The van der Waals surface area contributed by atoms with Gasteiger partial charge in [0.05, 0.1) is 11.2 Å². The van der Waals surface area contributed by atoms with E-state index in [0.29, 0.717) is 25.9 Å². The van der Waals surface area contributed by atoms with Gasteiger partial charge in [0, 0.05) is 25.7 Å². The summed E-state index contributed by atoms with van der Waals surface area (Å²) in [5.74, 6) is 0.243. The number of piperidine rings is 1. The molecule has 0 aromatic carbocycles. The zero-order chi connectivity index (χ0) is 14.8. The Labute approximate surface area is 133 Å². The van der Waals surface area contributed by atoms with E-state index in [1.54, 1.807) is 6.92 Å². The third kappa shape index (κ3) is 4.31. The van der Waals surface area contributed by atoms with Crippen molar-refractivity contribution in [3.05, 3.63) is 0 Å². The fraction of sp³-hybridized carbons (Fsp3) is 0.923. The van der Waals surface area contributed by atoms with Gasteiger partial charge in [0.25, 0.3) is 0 Å². The average molecular weight is 340 g/mol. The molecule has 0 spiro atoms. The van der Waals surface area contributed by atoms with Gasteiger partial charge in [-0.1, -0.05) is 0 Å². The topological polar surface area (TPSA) is 78.5 Å². The minimum absolute atomic E-state index is 0. The van der Waals surface area contributed by atoms with Crippen LogP contribution < -0.4 is 10.6 Å². The molecule has 2 aliphatic heterocycles. The van der Waals surface area contributed by atoms with Crippen LogP contribution in [0.4, 0.5) is 0 Å². The van der Waals surface area contributed by atoms with Crippen LogP contribution in [0.15, 0.2) is 0 Å². The summed E-state index contributed by atoms with van der Waals surface area (Å²) in [5, 5.41) is 6.31. The van der Waals surface area contributed by atoms with Gasteiger partial charge in [-0.15, -0.1) is 12.4 Å². The first-order valence-corrected chi connectivity index (χ1v) is 8.98. The highest BCUT2D eigenvalue weighted by molar-refractivity contribution is 7.89. The molecule has 21 heavy (non-hydrogen) atoms. The molecule has 2 aliphatic rings. The first kappa shape index (κ1) is 18.7. The van der Waals surface area contributed by atoms with Crippen LogP contribution in [0.25, 0.3) is 0 Å². The number of carbonyl (C=O) groups is 1. The van der Waals surface area contributed by atoms with Crippen LogP contribution in [0.2, 0.25) is 0 Å². The molecule has 6 nitrogen and oxygen atoms in total. The molecule has 1 atom stereocenters. The van der Waals surface area contributed by atoms with Gasteiger partial charge in [0.1, 0.15) is 0 Å². The lowest BCUT2D eigenvalue weighted by atomic mass is 9.88. The largest absolute Gasteiger partial charge is 0.353 e. The van der Waals surface area contributed by atoms with Crippen LogP contribution >= 0.6 is 12.4 Å². The van der Waals surface area contributed by atoms with Crippen molar-refractivity contribution in [1.29, 1.82) is 0 Å². The van der Waals surface area contributed by atoms with E-state index in [2.05, 4.69) is 10.6 Å². The summed E-state index contributed by atoms with van der Waals surface area (Å²) < 4.78 is 25.1. The average Bonchev–Trinajstić information content (AvgIpc) is 2.88. The molecule has 0 saturated carbocycles. The minimum atomic E-state index is -3.09. The molecule has 1 amide bonds. The van der Waals surface area contributed by atoms with Gasteiger partial charge in [-0.2, -0.15) is 0 Å². The van der Waals surface area contributed by atoms with Gasteiger partial charge in [0.15, 0.2) is 0 Å². The Bertz CT molecular complexity index is 455. The summed E-state index contributed by atoms with van der Waals surface area (Å²) in [7, 11) is -3.09. The maximum Gasteiger partial charge on any atom is 0.227 e. The lowest BCUT2D eigenvalue weighted by Gasteiger charge is -2.33. The van der Waals surface area contributed by atoms with Gasteiger partial charge >= 0.3 is 0 Å². The van der Waals surface area contributed by atoms with Crippen LogP contribution in [0.5, 0.6) is 0 Å². The predicted molar refractivity (Wildman–Crippen MR) is 85.0 cm³/mol. The number of nitrogens with one attached hydrogen (secondary N) is 2. The predicted octanol–water partition coefficient (Wildman–Crippen LogP) is 0.338. The van der Waals surface area contributed by atoms with Gasteiger partial charge in [-0.05, 0) is 39.7 Å². The summed E-state index contributed by atoms with van der Waals surface area (Å²) in [6.45, 7) is 6.28. The summed E-state index contributed by atoms with van der Waals surface area (Å²) >= 11 is 0. The highest BCUT2D eigenvalue weighted by atomic mass is 35.5. The third-order valence-corrected chi connectivity index (χ3v) is 6.35. The molecule has 0 aromatic heterocycles. The first-order valence-electron chi connectivity index (χ1n) is 7.37. The highest BCUT2D eigenvalue weighted by Gasteiger charge is 2.38. The second-order valence-corrected chi connectivity index (χ2v) is 8.29. The molecule has 2 saturated heterocycles. The third-order valence-electron chi connectivity index (χ3n) is 4.46. The Hall–Kier alpha value is -0.370. The summed E-state index contributed by atoms with van der Waals surface area (Å²) in [4.78, 5) is 12.3. The second kappa shape index (κ2) is 7.26. The van der Waals surface area contributed by atoms with Crippen molar-refractivity contribution in [2.45, 2.75) is 39.2 Å². The number of nitrogens with zero attached hydrogens (tertiary/aromatic N) is 1. The fourth-order valence-corrected chi connectivity index (χ4v) is 3.96. The Morgan fingerprint density at radius 1 is 1.38 bits per heavy atom. The normalized spacial score (nSPS) is 28.1. The smallest absolute Gasteiger partial charge is 0.227 e. The van der Waals surface area contributed by atoms with E-state index in [9.17, 15) is 13.2 Å². The van der Waals surface area contributed by atoms with Crippen LogP contribution in [-0.2, 0) is 14.8 Å². The number of halogens is 1. The number of rotatable bonds is 4. The maximum absolute atomic E-state index is 12.3. The number of carbonyl (C=O) groups excluding carboxylic acids is 1. The molecule has 124 valence electrons. The molecular weight excluding hydrogens is 314 g/mol. The highest BCUT2D eigenvalue weighted by Crippen LogP contribution is 2.25. The van der Waals surface area contributed by atoms with Crippen molar-refractivity contribution >= 4 is 28.3 Å². The first-order chi connectivity index (χ1) is 9.37. The van der Waals surface area contributed by atoms with E-state index in [0.717, 1.165) is 19.5 Å². The van der Waals surface area contributed by atoms with E-state index < -0.39 is 10.0 Å². The lowest BCUT2D eigenvalue weighted by Crippen LogP contribution is -2.50. The monoisotopic (exact) mass is 339 g/mol. The molecule has 0 radical (unpaired) electrons. The van der Waals surface area contributed by atoms with Crippen LogP contribution in [0.3, 0.4) is 0 Å². The van der Waals surface area contributed by atoms with Crippen molar-refractivity contribution in [2.75, 3.05) is 31.9 Å². The van der Waals surface area contributed by atoms with Gasteiger partial charge < -0.3 is 10.6 Å². The van der Waals surface area contributed by atoms with Crippen molar-refractivity contribution in [1.82, 2.24) is 14.9 Å². The minimum Gasteiger partial charge on any atom is -0.353 e. The van der Waals surface area contributed by atoms with E-state index >= 15 is 0 Å². The number of amides is 1. The van der Waals surface area contributed by atoms with E-state index in [1.165, 1.54) is 4.31 Å². The van der Waals surface area contributed by atoms with Crippen molar-refractivity contribution in [3.8, 4) is 0 Å². The van der Waals surface area contributed by atoms with Crippen molar-refractivity contribution in [2.24, 2.45) is 5.41 Å². The number of hydrogen-bond donors (Lipinski definition) is 2. The fourth-order valence-electron chi connectivity index (χ4n) is 2.83. The Balaban J connectivity index is 0.00000220. The van der Waals surface area contributed by atoms with Crippen molar-refractivity contribution < 1.29 is 13.2 Å². The Morgan fingerprint density at radius 2 is 2.00 bits per heavy atom. The van der Waals surface area contributed by atoms with E-state index in [-0.39, 0.29) is 35.5 Å². The maximum atomic E-state index is 12.3. The SMILES string of the molecule is CCS(=O)(=O)N1CCC(NC(=O)C2(C)CCNC2)CC1.Cl. The van der Waals surface area contributed by atoms with E-state index in [1.807, 2.05) is 6.92 Å². The standard InChI is InChI=1S/C13H25N3O3S.ClH/c1-3-20(18,19)16-8-4-11(5-9-16)15-12(17)13(2)6-7-14-10-13;/h11,14H,3-10H2,1-2H3,(H,15,17);1H. The zero-order valence-corrected chi connectivity index (χ0v) is 14.4. The molecule has 2 fully saturated rings. The van der Waals surface area contributed by atoms with Crippen molar-refractivity contribution in [3.63, 3.8) is 0 Å². The summed E-state index contributed by atoms with van der Waals surface area (Å²) in [6, 6.07) is 0.100. The van der Waals surface area contributed by atoms with Gasteiger partial charge in [-0.25, -0.2) is 12.7 Å². The summed E-state index contributed by atoms with van der Waals surface area (Å²) in [5.41, 5.74) is -0.313. The molecule has 0 aromatic rings. The van der Waals surface area contributed by atoms with Crippen LogP contribution in [-0.4, -0.2) is 56.6 Å². The molecule has 1 unspecified atom stereocenters. The Kier molecular flexibility index (Phi) is 6.46. The molecule has 8 heteroatoms. The van der Waals surface area contributed by atoms with Gasteiger partial charge in [-0.3, -0.25) is 4.79 Å². The molecular formula is C13H26ClN3O3S. The molecule has 2 rings (SSSR count). The molecule has 2 N–H and O–H groups in total. The zero-order valence-electron chi connectivity index (χ0n) is 12.7. The second-order valence-electron chi connectivity index (χ2n) is 6.03. The Morgan fingerprint density at radius 3 is 2.48 bits per heavy atom. The quantitative estimate of drug-likeness (QED) is 0.774. The lowest BCUT2D eigenvalue weighted by molar-refractivity contribution is -0.130. The summed E-state index contributed by atoms with van der Waals surface area (Å²) in [6.07, 6.45) is 2.27. The molecule has 0 aliphatic carbocycles. The molecule has 2 heterocycles.